The van der Waals surface area contributed by atoms with Gasteiger partial charge < -0.3 is 14.8 Å². The highest BCUT2D eigenvalue weighted by atomic mass is 16.5. The topological polar surface area (TPSA) is 74.1 Å². The van der Waals surface area contributed by atoms with Crippen molar-refractivity contribution in [2.75, 3.05) is 19.5 Å². The second kappa shape index (κ2) is 7.88. The Morgan fingerprint density at radius 3 is 2.32 bits per heavy atom. The molecule has 1 unspecified atom stereocenters. The van der Waals surface area contributed by atoms with Crippen LogP contribution in [-0.4, -0.2) is 34.4 Å². The molecule has 0 saturated heterocycles. The van der Waals surface area contributed by atoms with Gasteiger partial charge in [0.15, 0.2) is 17.3 Å². The van der Waals surface area contributed by atoms with Crippen molar-refractivity contribution in [3.63, 3.8) is 0 Å². The lowest BCUT2D eigenvalue weighted by molar-refractivity contribution is 0.355. The Morgan fingerprint density at radius 2 is 1.71 bits per heavy atom. The number of aryl methyl sites for hydroxylation is 2. The van der Waals surface area contributed by atoms with Crippen molar-refractivity contribution in [3.8, 4) is 17.2 Å². The second-order valence-corrected chi connectivity index (χ2v) is 7.04. The van der Waals surface area contributed by atoms with Gasteiger partial charge in [0.1, 0.15) is 0 Å². The summed E-state index contributed by atoms with van der Waals surface area (Å²) in [6, 6.07) is 11.9. The maximum atomic E-state index is 5.43. The fourth-order valence-electron chi connectivity index (χ4n) is 3.36. The van der Waals surface area contributed by atoms with Crippen LogP contribution in [-0.2, 0) is 5.54 Å². The minimum Gasteiger partial charge on any atom is -0.493 e. The lowest BCUT2D eigenvalue weighted by Crippen LogP contribution is -2.34. The molecule has 1 atom stereocenters. The van der Waals surface area contributed by atoms with Gasteiger partial charge in [0.25, 0.3) is 0 Å². The number of anilines is 1. The van der Waals surface area contributed by atoms with Crippen molar-refractivity contribution in [1.29, 1.82) is 0 Å². The minimum absolute atomic E-state index is 0.488. The monoisotopic (exact) mass is 381 g/mol. The van der Waals surface area contributed by atoms with Gasteiger partial charge in [0.2, 0.25) is 0 Å². The molecular weight excluding hydrogens is 354 g/mol. The van der Waals surface area contributed by atoms with Crippen LogP contribution in [0.25, 0.3) is 5.69 Å². The summed E-state index contributed by atoms with van der Waals surface area (Å²) in [5.74, 6) is 2.11. The van der Waals surface area contributed by atoms with Gasteiger partial charge in [-0.2, -0.15) is 4.68 Å². The van der Waals surface area contributed by atoms with Crippen LogP contribution in [0.2, 0.25) is 0 Å². The molecule has 1 heterocycles. The molecule has 0 saturated carbocycles. The van der Waals surface area contributed by atoms with E-state index < -0.39 is 5.54 Å². The Balaban J connectivity index is 2.04. The van der Waals surface area contributed by atoms with Crippen LogP contribution < -0.4 is 14.8 Å². The molecule has 28 heavy (non-hydrogen) atoms. The van der Waals surface area contributed by atoms with Crippen molar-refractivity contribution in [1.82, 2.24) is 20.2 Å². The maximum Gasteiger partial charge on any atom is 0.181 e. The summed E-state index contributed by atoms with van der Waals surface area (Å²) in [7, 11) is 3.25. The Hall–Kier alpha value is -3.09. The highest BCUT2D eigenvalue weighted by Crippen LogP contribution is 2.34. The van der Waals surface area contributed by atoms with Gasteiger partial charge >= 0.3 is 0 Å². The highest BCUT2D eigenvalue weighted by Gasteiger charge is 2.32. The first-order valence-electron chi connectivity index (χ1n) is 9.29. The number of rotatable bonds is 7. The first-order valence-corrected chi connectivity index (χ1v) is 9.29. The zero-order chi connectivity index (χ0) is 20.3. The average molecular weight is 381 g/mol. The third kappa shape index (κ3) is 3.52. The molecule has 0 aliphatic rings. The van der Waals surface area contributed by atoms with E-state index in [0.717, 1.165) is 34.7 Å². The van der Waals surface area contributed by atoms with Gasteiger partial charge in [-0.05, 0) is 60.9 Å². The number of tetrazole rings is 1. The van der Waals surface area contributed by atoms with Crippen molar-refractivity contribution in [3.05, 3.63) is 53.3 Å². The standard InChI is InChI=1S/C21H27N5O2/c1-7-21(4,22-16-11-12-17(27-5)18(13-16)28-6)20-23-24-25-26(20)19-14(2)9-8-10-15(19)3/h8-13,22H,7H2,1-6H3. The van der Waals surface area contributed by atoms with Crippen LogP contribution in [0.15, 0.2) is 36.4 Å². The Bertz CT molecular complexity index is 949. The fourth-order valence-corrected chi connectivity index (χ4v) is 3.36. The van der Waals surface area contributed by atoms with E-state index in [0.29, 0.717) is 11.5 Å². The van der Waals surface area contributed by atoms with E-state index in [1.807, 2.05) is 28.9 Å². The number of para-hydroxylation sites is 1. The molecule has 0 amide bonds. The molecule has 0 bridgehead atoms. The molecule has 0 spiro atoms. The van der Waals surface area contributed by atoms with Gasteiger partial charge in [-0.3, -0.25) is 0 Å². The molecule has 0 radical (unpaired) electrons. The van der Waals surface area contributed by atoms with Gasteiger partial charge in [0.05, 0.1) is 25.4 Å². The SMILES string of the molecule is CCC(C)(Nc1ccc(OC)c(OC)c1)c1nnnn1-c1c(C)cccc1C. The Labute approximate surface area is 165 Å². The Kier molecular flexibility index (Phi) is 5.53. The summed E-state index contributed by atoms with van der Waals surface area (Å²) in [5, 5.41) is 16.2. The van der Waals surface area contributed by atoms with Crippen LogP contribution in [0, 0.1) is 13.8 Å². The predicted octanol–water partition coefficient (Wildman–Crippen LogP) is 4.03. The predicted molar refractivity (Wildman–Crippen MR) is 109 cm³/mol. The van der Waals surface area contributed by atoms with Gasteiger partial charge in [-0.25, -0.2) is 0 Å². The lowest BCUT2D eigenvalue weighted by atomic mass is 9.96. The zero-order valence-electron chi connectivity index (χ0n) is 17.3. The van der Waals surface area contributed by atoms with Gasteiger partial charge in [-0.1, -0.05) is 25.1 Å². The quantitative estimate of drug-likeness (QED) is 0.666. The third-order valence-corrected chi connectivity index (χ3v) is 5.13. The maximum absolute atomic E-state index is 5.43. The summed E-state index contributed by atoms with van der Waals surface area (Å²) < 4.78 is 12.6. The van der Waals surface area contributed by atoms with Crippen LogP contribution in [0.5, 0.6) is 11.5 Å². The van der Waals surface area contributed by atoms with E-state index in [1.165, 1.54) is 0 Å². The van der Waals surface area contributed by atoms with E-state index in [2.05, 4.69) is 60.7 Å². The molecule has 1 aromatic heterocycles. The van der Waals surface area contributed by atoms with Crippen LogP contribution >= 0.6 is 0 Å². The largest absolute Gasteiger partial charge is 0.493 e. The first kappa shape index (κ1) is 19.7. The molecule has 7 nitrogen and oxygen atoms in total. The summed E-state index contributed by atoms with van der Waals surface area (Å²) in [4.78, 5) is 0. The molecule has 0 aliphatic heterocycles. The number of benzene rings is 2. The smallest absolute Gasteiger partial charge is 0.181 e. The minimum atomic E-state index is -0.488. The number of nitrogens with zero attached hydrogens (tertiary/aromatic N) is 4. The molecule has 0 fully saturated rings. The van der Waals surface area contributed by atoms with Crippen molar-refractivity contribution in [2.24, 2.45) is 0 Å². The summed E-state index contributed by atoms with van der Waals surface area (Å²) in [5.41, 5.74) is 3.67. The summed E-state index contributed by atoms with van der Waals surface area (Å²) >= 11 is 0. The summed E-state index contributed by atoms with van der Waals surface area (Å²) in [6.45, 7) is 8.34. The molecule has 7 heteroatoms. The van der Waals surface area contributed by atoms with E-state index in [-0.39, 0.29) is 0 Å². The van der Waals surface area contributed by atoms with Crippen molar-refractivity contribution >= 4 is 5.69 Å². The van der Waals surface area contributed by atoms with Crippen LogP contribution in [0.4, 0.5) is 5.69 Å². The molecule has 3 rings (SSSR count). The molecular formula is C21H27N5O2. The number of nitrogens with one attached hydrogen (secondary N) is 1. The number of methoxy groups -OCH3 is 2. The van der Waals surface area contributed by atoms with E-state index in [4.69, 9.17) is 9.47 Å². The molecule has 2 aromatic carbocycles. The number of aromatic nitrogens is 4. The molecule has 148 valence electrons. The fraction of sp³-hybridized carbons (Fsp3) is 0.381. The number of hydrogen-bond donors (Lipinski definition) is 1. The molecule has 1 N–H and O–H groups in total. The highest BCUT2D eigenvalue weighted by molar-refractivity contribution is 5.56. The van der Waals surface area contributed by atoms with Crippen LogP contribution in [0.1, 0.15) is 37.2 Å². The second-order valence-electron chi connectivity index (χ2n) is 7.04. The number of hydrogen-bond acceptors (Lipinski definition) is 6. The number of ether oxygens (including phenoxy) is 2. The van der Waals surface area contributed by atoms with E-state index >= 15 is 0 Å². The van der Waals surface area contributed by atoms with Gasteiger partial charge in [0, 0.05) is 11.8 Å². The van der Waals surface area contributed by atoms with Gasteiger partial charge in [-0.15, -0.1) is 5.10 Å². The van der Waals surface area contributed by atoms with Crippen molar-refractivity contribution < 1.29 is 9.47 Å². The molecule has 3 aromatic rings. The summed E-state index contributed by atoms with van der Waals surface area (Å²) in [6.07, 6.45) is 0.784. The average Bonchev–Trinajstić information content (AvgIpc) is 3.17. The normalized spacial score (nSPS) is 13.1. The zero-order valence-corrected chi connectivity index (χ0v) is 17.3. The molecule has 0 aliphatic carbocycles. The first-order chi connectivity index (χ1) is 13.4. The van der Waals surface area contributed by atoms with Crippen LogP contribution in [0.3, 0.4) is 0 Å². The van der Waals surface area contributed by atoms with Crippen molar-refractivity contribution in [2.45, 2.75) is 39.7 Å². The van der Waals surface area contributed by atoms with E-state index in [9.17, 15) is 0 Å². The van der Waals surface area contributed by atoms with E-state index in [1.54, 1.807) is 14.2 Å². The lowest BCUT2D eigenvalue weighted by Gasteiger charge is -2.30. The third-order valence-electron chi connectivity index (χ3n) is 5.13. The Morgan fingerprint density at radius 1 is 1.04 bits per heavy atom.